The van der Waals surface area contributed by atoms with Crippen molar-refractivity contribution in [2.45, 2.75) is 0 Å². The minimum atomic E-state index is -0.753. The highest BCUT2D eigenvalue weighted by atomic mass is 16.5. The number of carbonyl (C=O) groups is 2. The molecule has 0 saturated carbocycles. The van der Waals surface area contributed by atoms with Gasteiger partial charge in [0.1, 0.15) is 11.3 Å². The zero-order valence-electron chi connectivity index (χ0n) is 15.1. The molecule has 0 atom stereocenters. The summed E-state index contributed by atoms with van der Waals surface area (Å²) in [7, 11) is 3.85. The minimum absolute atomic E-state index is 0.0248. The smallest absolute Gasteiger partial charge is 0.342 e. The number of anilines is 2. The van der Waals surface area contributed by atoms with Crippen molar-refractivity contribution < 1.29 is 19.4 Å². The molecule has 6 nitrogen and oxygen atoms in total. The number of phenols is 1. The Bertz CT molecular complexity index is 981. The highest BCUT2D eigenvalue weighted by Crippen LogP contribution is 2.25. The average molecular weight is 364 g/mol. The van der Waals surface area contributed by atoms with Crippen LogP contribution < -0.4 is 10.2 Å². The number of benzene rings is 3. The maximum absolute atomic E-state index is 12.2. The standard InChI is InChI=1S/C21H20N2O4/c1-23(2)17-9-7-16(8-10-17)22-20(25)13-27-21(26)18-11-14-5-3-4-6-15(14)12-19(18)24/h3-12,24H,13H2,1-2H3,(H,22,25). The number of hydrogen-bond donors (Lipinski definition) is 2. The minimum Gasteiger partial charge on any atom is -0.507 e. The first kappa shape index (κ1) is 18.3. The van der Waals surface area contributed by atoms with Crippen molar-refractivity contribution in [2.75, 3.05) is 30.9 Å². The first-order valence-corrected chi connectivity index (χ1v) is 8.40. The highest BCUT2D eigenvalue weighted by Gasteiger charge is 2.15. The molecule has 0 spiro atoms. The molecule has 3 aromatic carbocycles. The summed E-state index contributed by atoms with van der Waals surface area (Å²) in [6, 6.07) is 17.7. The summed E-state index contributed by atoms with van der Waals surface area (Å²) in [5.41, 5.74) is 1.64. The molecule has 27 heavy (non-hydrogen) atoms. The Morgan fingerprint density at radius 2 is 1.63 bits per heavy atom. The van der Waals surface area contributed by atoms with Crippen molar-refractivity contribution in [3.63, 3.8) is 0 Å². The van der Waals surface area contributed by atoms with E-state index in [1.54, 1.807) is 18.2 Å². The van der Waals surface area contributed by atoms with Gasteiger partial charge in [-0.25, -0.2) is 4.79 Å². The summed E-state index contributed by atoms with van der Waals surface area (Å²) < 4.78 is 5.03. The molecular formula is C21H20N2O4. The van der Waals surface area contributed by atoms with E-state index in [2.05, 4.69) is 5.32 Å². The van der Waals surface area contributed by atoms with Crippen LogP contribution in [0, 0.1) is 0 Å². The number of aromatic hydroxyl groups is 1. The topological polar surface area (TPSA) is 78.9 Å². The molecule has 0 bridgehead atoms. The Balaban J connectivity index is 1.61. The Morgan fingerprint density at radius 1 is 1.00 bits per heavy atom. The lowest BCUT2D eigenvalue weighted by Gasteiger charge is -2.13. The number of carbonyl (C=O) groups excluding carboxylic acids is 2. The molecule has 138 valence electrons. The molecule has 0 fully saturated rings. The first-order chi connectivity index (χ1) is 12.9. The second-order valence-corrected chi connectivity index (χ2v) is 6.28. The summed E-state index contributed by atoms with van der Waals surface area (Å²) in [4.78, 5) is 26.2. The van der Waals surface area contributed by atoms with Crippen molar-refractivity contribution in [1.82, 2.24) is 0 Å². The molecule has 0 aliphatic carbocycles. The van der Waals surface area contributed by atoms with Gasteiger partial charge in [0.2, 0.25) is 0 Å². The van der Waals surface area contributed by atoms with Gasteiger partial charge >= 0.3 is 5.97 Å². The van der Waals surface area contributed by atoms with Gasteiger partial charge in [0, 0.05) is 25.5 Å². The number of phenolic OH excluding ortho intramolecular Hbond substituents is 1. The second-order valence-electron chi connectivity index (χ2n) is 6.28. The molecule has 0 heterocycles. The van der Waals surface area contributed by atoms with Crippen LogP contribution in [0.5, 0.6) is 5.75 Å². The summed E-state index contributed by atoms with van der Waals surface area (Å²) in [6.45, 7) is -0.444. The zero-order chi connectivity index (χ0) is 19.4. The lowest BCUT2D eigenvalue weighted by Crippen LogP contribution is -2.21. The van der Waals surface area contributed by atoms with Crippen LogP contribution in [-0.4, -0.2) is 37.7 Å². The number of rotatable bonds is 5. The van der Waals surface area contributed by atoms with E-state index in [4.69, 9.17) is 4.74 Å². The number of nitrogens with zero attached hydrogens (tertiary/aromatic N) is 1. The van der Waals surface area contributed by atoms with E-state index in [1.807, 2.05) is 55.4 Å². The fourth-order valence-corrected chi connectivity index (χ4v) is 2.64. The van der Waals surface area contributed by atoms with Crippen molar-refractivity contribution in [3.05, 3.63) is 66.2 Å². The number of hydrogen-bond acceptors (Lipinski definition) is 5. The molecule has 6 heteroatoms. The van der Waals surface area contributed by atoms with Gasteiger partial charge in [-0.15, -0.1) is 0 Å². The van der Waals surface area contributed by atoms with Crippen LogP contribution in [0.3, 0.4) is 0 Å². The zero-order valence-corrected chi connectivity index (χ0v) is 15.1. The van der Waals surface area contributed by atoms with Crippen LogP contribution in [0.15, 0.2) is 60.7 Å². The molecule has 0 aliphatic rings. The fourth-order valence-electron chi connectivity index (χ4n) is 2.64. The van der Waals surface area contributed by atoms with Crippen molar-refractivity contribution >= 4 is 34.0 Å². The van der Waals surface area contributed by atoms with Crippen molar-refractivity contribution in [1.29, 1.82) is 0 Å². The molecule has 2 N–H and O–H groups in total. The van der Waals surface area contributed by atoms with E-state index in [9.17, 15) is 14.7 Å². The van der Waals surface area contributed by atoms with Gasteiger partial charge in [0.05, 0.1) is 0 Å². The van der Waals surface area contributed by atoms with Gasteiger partial charge in [0.15, 0.2) is 6.61 Å². The van der Waals surface area contributed by atoms with Crippen LogP contribution in [0.2, 0.25) is 0 Å². The Labute approximate surface area is 157 Å². The van der Waals surface area contributed by atoms with E-state index in [-0.39, 0.29) is 11.3 Å². The third-order valence-electron chi connectivity index (χ3n) is 4.09. The third-order valence-corrected chi connectivity index (χ3v) is 4.09. The normalized spacial score (nSPS) is 10.4. The maximum Gasteiger partial charge on any atom is 0.342 e. The summed E-state index contributed by atoms with van der Waals surface area (Å²) in [5, 5.41) is 14.3. The van der Waals surface area contributed by atoms with Crippen LogP contribution in [-0.2, 0) is 9.53 Å². The molecule has 0 aromatic heterocycles. The van der Waals surface area contributed by atoms with Crippen LogP contribution in [0.4, 0.5) is 11.4 Å². The van der Waals surface area contributed by atoms with Gasteiger partial charge in [-0.2, -0.15) is 0 Å². The Morgan fingerprint density at radius 3 is 2.26 bits per heavy atom. The summed E-state index contributed by atoms with van der Waals surface area (Å²) in [6.07, 6.45) is 0. The molecular weight excluding hydrogens is 344 g/mol. The van der Waals surface area contributed by atoms with Gasteiger partial charge in [-0.3, -0.25) is 4.79 Å². The van der Waals surface area contributed by atoms with E-state index >= 15 is 0 Å². The quantitative estimate of drug-likeness (QED) is 0.679. The largest absolute Gasteiger partial charge is 0.507 e. The first-order valence-electron chi connectivity index (χ1n) is 8.40. The number of nitrogens with one attached hydrogen (secondary N) is 1. The Hall–Kier alpha value is -3.54. The average Bonchev–Trinajstić information content (AvgIpc) is 2.66. The van der Waals surface area contributed by atoms with Crippen LogP contribution in [0.1, 0.15) is 10.4 Å². The summed E-state index contributed by atoms with van der Waals surface area (Å²) >= 11 is 0. The monoisotopic (exact) mass is 364 g/mol. The molecule has 0 radical (unpaired) electrons. The molecule has 1 amide bonds. The molecule has 0 saturated heterocycles. The number of esters is 1. The van der Waals surface area contributed by atoms with E-state index < -0.39 is 18.5 Å². The Kier molecular flexibility index (Phi) is 5.26. The van der Waals surface area contributed by atoms with E-state index in [1.165, 1.54) is 6.07 Å². The van der Waals surface area contributed by atoms with Gasteiger partial charge in [0.25, 0.3) is 5.91 Å². The highest BCUT2D eigenvalue weighted by molar-refractivity contribution is 6.00. The van der Waals surface area contributed by atoms with Crippen molar-refractivity contribution in [3.8, 4) is 5.75 Å². The molecule has 0 unspecified atom stereocenters. The van der Waals surface area contributed by atoms with E-state index in [0.717, 1.165) is 16.5 Å². The summed E-state index contributed by atoms with van der Waals surface area (Å²) in [5.74, 6) is -1.39. The third kappa shape index (κ3) is 4.36. The molecule has 3 rings (SSSR count). The predicted molar refractivity (Wildman–Crippen MR) is 105 cm³/mol. The molecule has 0 aliphatic heterocycles. The SMILES string of the molecule is CN(C)c1ccc(NC(=O)COC(=O)c2cc3ccccc3cc2O)cc1. The number of fused-ring (bicyclic) bond motifs is 1. The van der Waals surface area contributed by atoms with Gasteiger partial charge in [-0.1, -0.05) is 24.3 Å². The van der Waals surface area contributed by atoms with E-state index in [0.29, 0.717) is 5.69 Å². The van der Waals surface area contributed by atoms with Crippen LogP contribution >= 0.6 is 0 Å². The van der Waals surface area contributed by atoms with Crippen molar-refractivity contribution in [2.24, 2.45) is 0 Å². The van der Waals surface area contributed by atoms with Gasteiger partial charge < -0.3 is 20.1 Å². The molecule has 3 aromatic rings. The number of ether oxygens (including phenoxy) is 1. The van der Waals surface area contributed by atoms with Crippen LogP contribution in [0.25, 0.3) is 10.8 Å². The second kappa shape index (κ2) is 7.78. The lowest BCUT2D eigenvalue weighted by atomic mass is 10.1. The predicted octanol–water partition coefficient (Wildman–Crippen LogP) is 3.41. The fraction of sp³-hybridized carbons (Fsp3) is 0.143. The lowest BCUT2D eigenvalue weighted by molar-refractivity contribution is -0.119. The maximum atomic E-state index is 12.2. The number of amides is 1. The van der Waals surface area contributed by atoms with Gasteiger partial charge in [-0.05, 0) is 47.2 Å².